The van der Waals surface area contributed by atoms with Crippen LogP contribution in [0.4, 0.5) is 14.5 Å². The lowest BCUT2D eigenvalue weighted by atomic mass is 10.2. The summed E-state index contributed by atoms with van der Waals surface area (Å²) in [5, 5.41) is 11.2. The molecule has 3 nitrogen and oxygen atoms in total. The van der Waals surface area contributed by atoms with Gasteiger partial charge in [-0.3, -0.25) is 0 Å². The normalized spacial score (nSPS) is 10.0. The summed E-state index contributed by atoms with van der Waals surface area (Å²) in [4.78, 5) is 0. The molecule has 1 N–H and O–H groups in total. The molecule has 0 spiro atoms. The molecule has 0 aliphatic heterocycles. The van der Waals surface area contributed by atoms with Gasteiger partial charge in [-0.25, -0.2) is 8.78 Å². The number of hydrogen-bond donors (Lipinski definition) is 1. The summed E-state index contributed by atoms with van der Waals surface area (Å²) in [6.07, 6.45) is 0. The van der Waals surface area contributed by atoms with E-state index in [-0.39, 0.29) is 24.4 Å². The Hall–Kier alpha value is -2.61. The molecule has 5 heteroatoms. The number of halogens is 2. The highest BCUT2D eigenvalue weighted by Crippen LogP contribution is 2.20. The number of nitrogens with zero attached hydrogens (tertiary/aromatic N) is 1. The predicted molar refractivity (Wildman–Crippen MR) is 76.2 cm³/mol. The topological polar surface area (TPSA) is 45.0 Å². The van der Waals surface area contributed by atoms with Gasteiger partial charge in [-0.1, -0.05) is 12.1 Å². The fourth-order valence-corrected chi connectivity index (χ4v) is 1.86. The predicted octanol–water partition coefficient (Wildman–Crippen LogP) is 3.64. The van der Waals surface area contributed by atoms with Crippen LogP contribution in [-0.4, -0.2) is 13.2 Å². The van der Waals surface area contributed by atoms with Crippen molar-refractivity contribution in [3.05, 3.63) is 59.2 Å². The minimum atomic E-state index is -0.790. The summed E-state index contributed by atoms with van der Waals surface area (Å²) in [5.74, 6) is -0.873. The van der Waals surface area contributed by atoms with Crippen molar-refractivity contribution in [2.45, 2.75) is 6.92 Å². The first-order chi connectivity index (χ1) is 10.1. The Bertz CT molecular complexity index is 657. The van der Waals surface area contributed by atoms with E-state index in [2.05, 4.69) is 5.32 Å². The monoisotopic (exact) mass is 288 g/mol. The van der Waals surface area contributed by atoms with E-state index >= 15 is 0 Å². The van der Waals surface area contributed by atoms with Gasteiger partial charge in [0.25, 0.3) is 0 Å². The molecule has 21 heavy (non-hydrogen) atoms. The minimum Gasteiger partial charge on any atom is -0.492 e. The molecule has 0 atom stereocenters. The van der Waals surface area contributed by atoms with Gasteiger partial charge in [-0.15, -0.1) is 0 Å². The second kappa shape index (κ2) is 6.71. The van der Waals surface area contributed by atoms with Crippen LogP contribution in [0.2, 0.25) is 0 Å². The lowest BCUT2D eigenvalue weighted by Gasteiger charge is -2.10. The Balaban J connectivity index is 1.91. The first kappa shape index (κ1) is 14.8. The second-order valence-electron chi connectivity index (χ2n) is 4.52. The Morgan fingerprint density at radius 1 is 1.19 bits per heavy atom. The number of rotatable bonds is 5. The fraction of sp³-hybridized carbons (Fsp3) is 0.188. The van der Waals surface area contributed by atoms with E-state index in [1.165, 1.54) is 0 Å². The maximum atomic E-state index is 13.6. The molecule has 0 aromatic heterocycles. The third-order valence-electron chi connectivity index (χ3n) is 2.83. The zero-order chi connectivity index (χ0) is 15.2. The molecule has 0 fully saturated rings. The van der Waals surface area contributed by atoms with Crippen molar-refractivity contribution < 1.29 is 13.5 Å². The van der Waals surface area contributed by atoms with Crippen LogP contribution in [0.15, 0.2) is 36.4 Å². The van der Waals surface area contributed by atoms with Crippen molar-refractivity contribution >= 4 is 5.69 Å². The zero-order valence-corrected chi connectivity index (χ0v) is 11.5. The molecule has 108 valence electrons. The molecule has 0 bridgehead atoms. The Morgan fingerprint density at radius 3 is 2.52 bits per heavy atom. The SMILES string of the molecule is Cc1cccc(OCCNc2c(F)cc(C#N)cc2F)c1. The van der Waals surface area contributed by atoms with Gasteiger partial charge in [0, 0.05) is 6.54 Å². The van der Waals surface area contributed by atoms with Crippen molar-refractivity contribution in [3.8, 4) is 11.8 Å². The first-order valence-electron chi connectivity index (χ1n) is 6.42. The van der Waals surface area contributed by atoms with Crippen molar-refractivity contribution in [2.75, 3.05) is 18.5 Å². The van der Waals surface area contributed by atoms with E-state index in [0.717, 1.165) is 17.7 Å². The zero-order valence-electron chi connectivity index (χ0n) is 11.5. The third-order valence-corrected chi connectivity index (χ3v) is 2.83. The van der Waals surface area contributed by atoms with Gasteiger partial charge in [-0.05, 0) is 36.8 Å². The number of aryl methyl sites for hydroxylation is 1. The van der Waals surface area contributed by atoms with Crippen molar-refractivity contribution in [2.24, 2.45) is 0 Å². The number of hydrogen-bond acceptors (Lipinski definition) is 3. The lowest BCUT2D eigenvalue weighted by Crippen LogP contribution is -2.13. The van der Waals surface area contributed by atoms with E-state index in [0.29, 0.717) is 5.75 Å². The molecule has 0 amide bonds. The molecule has 0 unspecified atom stereocenters. The van der Waals surface area contributed by atoms with Crippen LogP contribution in [0.25, 0.3) is 0 Å². The van der Waals surface area contributed by atoms with Gasteiger partial charge >= 0.3 is 0 Å². The Kier molecular flexibility index (Phi) is 4.72. The van der Waals surface area contributed by atoms with Crippen LogP contribution in [0.3, 0.4) is 0 Å². The Morgan fingerprint density at radius 2 is 1.90 bits per heavy atom. The fourth-order valence-electron chi connectivity index (χ4n) is 1.86. The maximum absolute atomic E-state index is 13.6. The third kappa shape index (κ3) is 3.93. The first-order valence-corrected chi connectivity index (χ1v) is 6.42. The average Bonchev–Trinajstić information content (AvgIpc) is 2.45. The van der Waals surface area contributed by atoms with Crippen molar-refractivity contribution in [3.63, 3.8) is 0 Å². The standard InChI is InChI=1S/C16H14F2N2O/c1-11-3-2-4-13(7-11)21-6-5-20-16-14(17)8-12(10-19)9-15(16)18/h2-4,7-9,20H,5-6H2,1H3. The van der Waals surface area contributed by atoms with Gasteiger partial charge in [0.2, 0.25) is 0 Å². The highest BCUT2D eigenvalue weighted by atomic mass is 19.1. The summed E-state index contributed by atoms with van der Waals surface area (Å²) < 4.78 is 32.7. The molecule has 2 rings (SSSR count). The van der Waals surface area contributed by atoms with Crippen LogP contribution in [0.5, 0.6) is 5.75 Å². The molecule has 0 radical (unpaired) electrons. The van der Waals surface area contributed by atoms with Gasteiger partial charge in [-0.2, -0.15) is 5.26 Å². The smallest absolute Gasteiger partial charge is 0.150 e. The van der Waals surface area contributed by atoms with E-state index in [9.17, 15) is 8.78 Å². The summed E-state index contributed by atoms with van der Waals surface area (Å²) in [7, 11) is 0. The minimum absolute atomic E-state index is 0.0495. The van der Waals surface area contributed by atoms with Gasteiger partial charge in [0.15, 0.2) is 11.6 Å². The summed E-state index contributed by atoms with van der Waals surface area (Å²) >= 11 is 0. The molecule has 0 saturated heterocycles. The molecule has 0 aliphatic carbocycles. The van der Waals surface area contributed by atoms with Crippen molar-refractivity contribution in [1.29, 1.82) is 5.26 Å². The van der Waals surface area contributed by atoms with Crippen LogP contribution < -0.4 is 10.1 Å². The number of nitrogens with one attached hydrogen (secondary N) is 1. The molecular formula is C16H14F2N2O. The van der Waals surface area contributed by atoms with E-state index in [4.69, 9.17) is 10.00 Å². The summed E-state index contributed by atoms with van der Waals surface area (Å²) in [5.41, 5.74) is 0.776. The van der Waals surface area contributed by atoms with Gasteiger partial charge < -0.3 is 10.1 Å². The maximum Gasteiger partial charge on any atom is 0.150 e. The average molecular weight is 288 g/mol. The summed E-state index contributed by atoms with van der Waals surface area (Å²) in [6.45, 7) is 2.46. The number of benzene rings is 2. The highest BCUT2D eigenvalue weighted by Gasteiger charge is 2.10. The second-order valence-corrected chi connectivity index (χ2v) is 4.52. The van der Waals surface area contributed by atoms with Gasteiger partial charge in [0.05, 0.1) is 11.6 Å². The lowest BCUT2D eigenvalue weighted by molar-refractivity contribution is 0.332. The van der Waals surface area contributed by atoms with Crippen LogP contribution in [-0.2, 0) is 0 Å². The molecule has 0 aliphatic rings. The largest absolute Gasteiger partial charge is 0.492 e. The number of anilines is 1. The van der Waals surface area contributed by atoms with Crippen LogP contribution in [0.1, 0.15) is 11.1 Å². The quantitative estimate of drug-likeness (QED) is 0.854. The Labute approximate surface area is 121 Å². The van der Waals surface area contributed by atoms with Crippen molar-refractivity contribution in [1.82, 2.24) is 0 Å². The molecule has 2 aromatic rings. The molecular weight excluding hydrogens is 274 g/mol. The number of nitriles is 1. The molecule has 0 heterocycles. The van der Waals surface area contributed by atoms with Gasteiger partial charge in [0.1, 0.15) is 18.0 Å². The molecule has 2 aromatic carbocycles. The number of ether oxygens (including phenoxy) is 1. The van der Waals surface area contributed by atoms with Crippen LogP contribution >= 0.6 is 0 Å². The summed E-state index contributed by atoms with van der Waals surface area (Å²) in [6, 6.07) is 11.2. The molecule has 0 saturated carbocycles. The van der Waals surface area contributed by atoms with E-state index < -0.39 is 11.6 Å². The van der Waals surface area contributed by atoms with E-state index in [1.54, 1.807) is 6.07 Å². The van der Waals surface area contributed by atoms with E-state index in [1.807, 2.05) is 31.2 Å². The highest BCUT2D eigenvalue weighted by molar-refractivity contribution is 5.50. The van der Waals surface area contributed by atoms with Crippen LogP contribution in [0, 0.1) is 29.9 Å².